The summed E-state index contributed by atoms with van der Waals surface area (Å²) >= 11 is 1.85. The molecule has 4 heterocycles. The van der Waals surface area contributed by atoms with Gasteiger partial charge in [-0.15, -0.1) is 45.5 Å². The standard InChI is InChI=1S/C23H37N7S.HI/c1-2-24-23(26-18-19(20-10-9-17-31-20)29-14-6-7-15-29)25-13-8-12-22-28-27-21-11-4-3-5-16-30(21)22;/h9-10,17,19H,2-8,11-16,18H2,1H3,(H2,24,25,26);1H. The van der Waals surface area contributed by atoms with Crippen molar-refractivity contribution >= 4 is 41.3 Å². The van der Waals surface area contributed by atoms with Crippen LogP contribution in [0.1, 0.15) is 68.0 Å². The summed E-state index contributed by atoms with van der Waals surface area (Å²) < 4.78 is 2.36. The van der Waals surface area contributed by atoms with Crippen LogP contribution < -0.4 is 10.6 Å². The van der Waals surface area contributed by atoms with Gasteiger partial charge in [-0.3, -0.25) is 9.89 Å². The van der Waals surface area contributed by atoms with E-state index in [1.54, 1.807) is 0 Å². The van der Waals surface area contributed by atoms with E-state index in [-0.39, 0.29) is 24.0 Å². The van der Waals surface area contributed by atoms with Gasteiger partial charge in [0.25, 0.3) is 0 Å². The number of hydrogen-bond acceptors (Lipinski definition) is 5. The van der Waals surface area contributed by atoms with Gasteiger partial charge in [0.2, 0.25) is 0 Å². The number of halogens is 1. The van der Waals surface area contributed by atoms with Crippen LogP contribution in [0.15, 0.2) is 22.5 Å². The minimum atomic E-state index is 0. The molecule has 0 saturated carbocycles. The van der Waals surface area contributed by atoms with E-state index >= 15 is 0 Å². The molecule has 4 rings (SSSR count). The molecule has 1 unspecified atom stereocenters. The Bertz CT molecular complexity index is 814. The molecule has 32 heavy (non-hydrogen) atoms. The molecular weight excluding hydrogens is 533 g/mol. The highest BCUT2D eigenvalue weighted by atomic mass is 127. The number of thiophene rings is 1. The molecule has 2 N–H and O–H groups in total. The zero-order valence-electron chi connectivity index (χ0n) is 19.3. The van der Waals surface area contributed by atoms with Crippen LogP contribution in [0.5, 0.6) is 0 Å². The Morgan fingerprint density at radius 2 is 1.97 bits per heavy atom. The van der Waals surface area contributed by atoms with Gasteiger partial charge in [-0.25, -0.2) is 0 Å². The first-order valence-corrected chi connectivity index (χ1v) is 12.9. The lowest BCUT2D eigenvalue weighted by Crippen LogP contribution is -2.39. The predicted octanol–water partition coefficient (Wildman–Crippen LogP) is 4.01. The Morgan fingerprint density at radius 3 is 2.75 bits per heavy atom. The lowest BCUT2D eigenvalue weighted by molar-refractivity contribution is 0.255. The van der Waals surface area contributed by atoms with Crippen LogP contribution in [0.2, 0.25) is 0 Å². The highest BCUT2D eigenvalue weighted by Crippen LogP contribution is 2.28. The van der Waals surface area contributed by atoms with Gasteiger partial charge in [-0.1, -0.05) is 12.5 Å². The van der Waals surface area contributed by atoms with Crippen molar-refractivity contribution < 1.29 is 0 Å². The van der Waals surface area contributed by atoms with Crippen LogP contribution in [-0.2, 0) is 19.4 Å². The van der Waals surface area contributed by atoms with Crippen molar-refractivity contribution in [2.75, 3.05) is 32.7 Å². The number of hydrogen-bond donors (Lipinski definition) is 2. The topological polar surface area (TPSA) is 70.4 Å². The normalized spacial score (nSPS) is 18.0. The number of rotatable bonds is 9. The summed E-state index contributed by atoms with van der Waals surface area (Å²) in [7, 11) is 0. The molecule has 0 amide bonds. The monoisotopic (exact) mass is 571 g/mol. The zero-order chi connectivity index (χ0) is 21.3. The average molecular weight is 572 g/mol. The van der Waals surface area contributed by atoms with Gasteiger partial charge in [-0.2, -0.15) is 0 Å². The second kappa shape index (κ2) is 13.5. The molecule has 1 saturated heterocycles. The molecule has 0 bridgehead atoms. The van der Waals surface area contributed by atoms with Crippen molar-refractivity contribution in [3.05, 3.63) is 34.0 Å². The molecular formula is C23H38IN7S. The first-order chi connectivity index (χ1) is 15.3. The van der Waals surface area contributed by atoms with Crippen molar-refractivity contribution in [1.82, 2.24) is 30.3 Å². The van der Waals surface area contributed by atoms with Crippen molar-refractivity contribution in [2.45, 2.75) is 70.9 Å². The molecule has 0 radical (unpaired) electrons. The highest BCUT2D eigenvalue weighted by molar-refractivity contribution is 14.0. The minimum absolute atomic E-state index is 0. The second-order valence-electron chi connectivity index (χ2n) is 8.52. The molecule has 2 aromatic rings. The van der Waals surface area contributed by atoms with E-state index < -0.39 is 0 Å². The highest BCUT2D eigenvalue weighted by Gasteiger charge is 2.24. The number of aryl methyl sites for hydroxylation is 2. The molecule has 0 aromatic carbocycles. The maximum Gasteiger partial charge on any atom is 0.191 e. The number of likely N-dealkylation sites (tertiary alicyclic amines) is 1. The van der Waals surface area contributed by atoms with Gasteiger partial charge >= 0.3 is 0 Å². The van der Waals surface area contributed by atoms with Crippen molar-refractivity contribution in [3.8, 4) is 0 Å². The molecule has 7 nitrogen and oxygen atoms in total. The first-order valence-electron chi connectivity index (χ1n) is 12.1. The van der Waals surface area contributed by atoms with E-state index in [4.69, 9.17) is 4.99 Å². The number of guanidine groups is 1. The number of fused-ring (bicyclic) bond motifs is 1. The van der Waals surface area contributed by atoms with E-state index in [0.29, 0.717) is 6.04 Å². The van der Waals surface area contributed by atoms with Crippen LogP contribution in [0.4, 0.5) is 0 Å². The summed E-state index contributed by atoms with van der Waals surface area (Å²) in [6.45, 7) is 8.14. The van der Waals surface area contributed by atoms with Crippen LogP contribution in [0.25, 0.3) is 0 Å². The van der Waals surface area contributed by atoms with E-state index in [1.165, 1.54) is 55.9 Å². The zero-order valence-corrected chi connectivity index (χ0v) is 22.4. The maximum atomic E-state index is 4.96. The van der Waals surface area contributed by atoms with Crippen LogP contribution in [0.3, 0.4) is 0 Å². The molecule has 0 spiro atoms. The SMILES string of the molecule is CCNC(=NCC(c1cccs1)N1CCCC1)NCCCc1nnc2n1CCCCC2.I. The fraction of sp³-hybridized carbons (Fsp3) is 0.696. The molecule has 0 aliphatic carbocycles. The van der Waals surface area contributed by atoms with E-state index in [9.17, 15) is 0 Å². The quantitative estimate of drug-likeness (QED) is 0.206. The average Bonchev–Trinajstić information content (AvgIpc) is 3.53. The Labute approximate surface area is 213 Å². The van der Waals surface area contributed by atoms with E-state index in [1.807, 2.05) is 11.3 Å². The summed E-state index contributed by atoms with van der Waals surface area (Å²) in [5.41, 5.74) is 0. The minimum Gasteiger partial charge on any atom is -0.357 e. The maximum absolute atomic E-state index is 4.96. The lowest BCUT2D eigenvalue weighted by atomic mass is 10.2. The van der Waals surface area contributed by atoms with E-state index in [0.717, 1.165) is 57.2 Å². The van der Waals surface area contributed by atoms with Crippen LogP contribution in [-0.4, -0.2) is 58.3 Å². The molecule has 9 heteroatoms. The summed E-state index contributed by atoms with van der Waals surface area (Å²) in [6.07, 6.45) is 9.46. The number of nitrogens with zero attached hydrogens (tertiary/aromatic N) is 5. The molecule has 1 atom stereocenters. The number of aliphatic imine (C=N–C) groups is 1. The molecule has 1 fully saturated rings. The lowest BCUT2D eigenvalue weighted by Gasteiger charge is -2.25. The Morgan fingerprint density at radius 1 is 1.12 bits per heavy atom. The third kappa shape index (κ3) is 6.90. The second-order valence-corrected chi connectivity index (χ2v) is 9.50. The van der Waals surface area contributed by atoms with Gasteiger partial charge in [0.15, 0.2) is 5.96 Å². The Hall–Kier alpha value is -1.20. The number of aromatic nitrogens is 3. The Kier molecular flexibility index (Phi) is 10.7. The van der Waals surface area contributed by atoms with E-state index in [2.05, 4.69) is 54.7 Å². The summed E-state index contributed by atoms with van der Waals surface area (Å²) in [5.74, 6) is 3.24. The first kappa shape index (κ1) is 25.4. The van der Waals surface area contributed by atoms with Crippen molar-refractivity contribution in [3.63, 3.8) is 0 Å². The summed E-state index contributed by atoms with van der Waals surface area (Å²) in [6, 6.07) is 4.80. The summed E-state index contributed by atoms with van der Waals surface area (Å²) in [5, 5.41) is 18.0. The summed E-state index contributed by atoms with van der Waals surface area (Å²) in [4.78, 5) is 8.98. The van der Waals surface area contributed by atoms with Gasteiger partial charge in [0, 0.05) is 37.4 Å². The Balaban J connectivity index is 0.00000289. The molecule has 2 aliphatic heterocycles. The van der Waals surface area contributed by atoms with Gasteiger partial charge in [0.1, 0.15) is 11.6 Å². The molecule has 2 aromatic heterocycles. The smallest absolute Gasteiger partial charge is 0.191 e. The van der Waals surface area contributed by atoms with Gasteiger partial charge in [-0.05, 0) is 63.6 Å². The van der Waals surface area contributed by atoms with Crippen LogP contribution in [0, 0.1) is 0 Å². The van der Waals surface area contributed by atoms with Crippen molar-refractivity contribution in [1.29, 1.82) is 0 Å². The fourth-order valence-corrected chi connectivity index (χ4v) is 5.47. The molecule has 178 valence electrons. The van der Waals surface area contributed by atoms with Gasteiger partial charge < -0.3 is 15.2 Å². The third-order valence-electron chi connectivity index (χ3n) is 6.28. The van der Waals surface area contributed by atoms with Crippen molar-refractivity contribution in [2.24, 2.45) is 4.99 Å². The predicted molar refractivity (Wildman–Crippen MR) is 143 cm³/mol. The molecule has 2 aliphatic rings. The largest absolute Gasteiger partial charge is 0.357 e. The van der Waals surface area contributed by atoms with Gasteiger partial charge in [0.05, 0.1) is 12.6 Å². The number of nitrogens with one attached hydrogen (secondary N) is 2. The van der Waals surface area contributed by atoms with Crippen LogP contribution >= 0.6 is 35.3 Å². The fourth-order valence-electron chi connectivity index (χ4n) is 4.62. The third-order valence-corrected chi connectivity index (χ3v) is 7.25.